The van der Waals surface area contributed by atoms with Crippen molar-refractivity contribution < 1.29 is 8.42 Å². The summed E-state index contributed by atoms with van der Waals surface area (Å²) in [5.74, 6) is 0.126. The van der Waals surface area contributed by atoms with Crippen LogP contribution >= 0.6 is 0 Å². The number of rotatable bonds is 5. The van der Waals surface area contributed by atoms with Gasteiger partial charge in [0.25, 0.3) is 0 Å². The van der Waals surface area contributed by atoms with Crippen molar-refractivity contribution in [3.8, 4) is 0 Å². The van der Waals surface area contributed by atoms with Gasteiger partial charge in [0.15, 0.2) is 9.84 Å². The molecular weight excluding hydrogens is 248 g/mol. The van der Waals surface area contributed by atoms with Crippen molar-refractivity contribution in [2.45, 2.75) is 24.7 Å². The Bertz CT molecular complexity index is 644. The zero-order valence-electron chi connectivity index (χ0n) is 10.4. The van der Waals surface area contributed by atoms with Crippen LogP contribution in [0.3, 0.4) is 0 Å². The van der Waals surface area contributed by atoms with E-state index >= 15 is 0 Å². The molecule has 0 unspecified atom stereocenters. The lowest BCUT2D eigenvalue weighted by atomic mass is 10.1. The molecule has 0 fully saturated rings. The summed E-state index contributed by atoms with van der Waals surface area (Å²) >= 11 is 0. The van der Waals surface area contributed by atoms with Crippen LogP contribution in [-0.4, -0.2) is 25.7 Å². The van der Waals surface area contributed by atoms with Gasteiger partial charge in [-0.15, -0.1) is 0 Å². The number of hydrogen-bond donors (Lipinski definition) is 2. The summed E-state index contributed by atoms with van der Waals surface area (Å²) in [6, 6.07) is 5.24. The van der Waals surface area contributed by atoms with Crippen molar-refractivity contribution in [3.63, 3.8) is 0 Å². The number of aromatic amines is 1. The molecule has 0 saturated heterocycles. The van der Waals surface area contributed by atoms with E-state index in [1.807, 2.05) is 12.3 Å². The SMILES string of the molecule is CCS(=O)(=O)c1ccc2[nH]cc(CCCN)c2c1. The van der Waals surface area contributed by atoms with Gasteiger partial charge in [0.1, 0.15) is 0 Å². The van der Waals surface area contributed by atoms with Crippen LogP contribution in [0.4, 0.5) is 0 Å². The molecule has 0 aliphatic carbocycles. The number of nitrogens with two attached hydrogens (primary N) is 1. The molecule has 0 atom stereocenters. The second-order valence-corrected chi connectivity index (χ2v) is 6.60. The van der Waals surface area contributed by atoms with E-state index in [9.17, 15) is 8.42 Å². The standard InChI is InChI=1S/C13H18N2O2S/c1-2-18(16,17)11-5-6-13-12(8-11)10(9-15-13)4-3-7-14/h5-6,8-9,15H,2-4,7,14H2,1H3. The van der Waals surface area contributed by atoms with Crippen molar-refractivity contribution in [3.05, 3.63) is 30.0 Å². The Hall–Kier alpha value is -1.33. The van der Waals surface area contributed by atoms with Gasteiger partial charge in [0.05, 0.1) is 10.6 Å². The van der Waals surface area contributed by atoms with Crippen molar-refractivity contribution in [2.24, 2.45) is 5.73 Å². The molecular formula is C13H18N2O2S. The molecule has 4 nitrogen and oxygen atoms in total. The third-order valence-corrected chi connectivity index (χ3v) is 4.86. The smallest absolute Gasteiger partial charge is 0.178 e. The van der Waals surface area contributed by atoms with Gasteiger partial charge in [0, 0.05) is 17.1 Å². The summed E-state index contributed by atoms with van der Waals surface area (Å²) in [4.78, 5) is 3.55. The molecule has 0 radical (unpaired) electrons. The summed E-state index contributed by atoms with van der Waals surface area (Å²) in [5, 5.41) is 0.984. The maximum Gasteiger partial charge on any atom is 0.178 e. The van der Waals surface area contributed by atoms with Gasteiger partial charge >= 0.3 is 0 Å². The molecule has 0 spiro atoms. The quantitative estimate of drug-likeness (QED) is 0.867. The van der Waals surface area contributed by atoms with Gasteiger partial charge in [-0.05, 0) is 43.1 Å². The highest BCUT2D eigenvalue weighted by atomic mass is 32.2. The second-order valence-electron chi connectivity index (χ2n) is 4.32. The number of fused-ring (bicyclic) bond motifs is 1. The highest BCUT2D eigenvalue weighted by Gasteiger charge is 2.13. The Morgan fingerprint density at radius 3 is 2.78 bits per heavy atom. The van der Waals surface area contributed by atoms with Crippen LogP contribution in [0.1, 0.15) is 18.9 Å². The minimum Gasteiger partial charge on any atom is -0.361 e. The fourth-order valence-corrected chi connectivity index (χ4v) is 2.92. The predicted molar refractivity (Wildman–Crippen MR) is 73.4 cm³/mol. The summed E-state index contributed by atoms with van der Waals surface area (Å²) in [5.41, 5.74) is 7.60. The number of sulfone groups is 1. The van der Waals surface area contributed by atoms with E-state index in [1.165, 1.54) is 0 Å². The van der Waals surface area contributed by atoms with Crippen LogP contribution in [0.15, 0.2) is 29.3 Å². The highest BCUT2D eigenvalue weighted by Crippen LogP contribution is 2.23. The Kier molecular flexibility index (Phi) is 3.73. The fourth-order valence-electron chi connectivity index (χ4n) is 2.02. The molecule has 2 aromatic rings. The molecule has 3 N–H and O–H groups in total. The Balaban J connectivity index is 2.49. The highest BCUT2D eigenvalue weighted by molar-refractivity contribution is 7.91. The van der Waals surface area contributed by atoms with Gasteiger partial charge < -0.3 is 10.7 Å². The molecule has 0 aliphatic heterocycles. The van der Waals surface area contributed by atoms with Crippen LogP contribution in [0.25, 0.3) is 10.9 Å². The van der Waals surface area contributed by atoms with E-state index in [2.05, 4.69) is 4.98 Å². The van der Waals surface area contributed by atoms with E-state index < -0.39 is 9.84 Å². The summed E-state index contributed by atoms with van der Waals surface area (Å²) in [7, 11) is -3.14. The average molecular weight is 266 g/mol. The number of aryl methyl sites for hydroxylation is 1. The van der Waals surface area contributed by atoms with Gasteiger partial charge in [0.2, 0.25) is 0 Å². The Morgan fingerprint density at radius 1 is 1.33 bits per heavy atom. The van der Waals surface area contributed by atoms with Gasteiger partial charge in [-0.25, -0.2) is 8.42 Å². The number of aromatic nitrogens is 1. The number of H-pyrrole nitrogens is 1. The lowest BCUT2D eigenvalue weighted by Gasteiger charge is -2.03. The van der Waals surface area contributed by atoms with E-state index in [1.54, 1.807) is 19.1 Å². The molecule has 2 rings (SSSR count). The van der Waals surface area contributed by atoms with Gasteiger partial charge in [-0.3, -0.25) is 0 Å². The molecule has 18 heavy (non-hydrogen) atoms. The lowest BCUT2D eigenvalue weighted by molar-refractivity contribution is 0.597. The molecule has 0 saturated carbocycles. The van der Waals surface area contributed by atoms with Crippen molar-refractivity contribution in [1.82, 2.24) is 4.98 Å². The summed E-state index contributed by atoms with van der Waals surface area (Å²) in [6.07, 6.45) is 3.70. The third kappa shape index (κ3) is 2.42. The first kappa shape index (κ1) is 13.1. The Morgan fingerprint density at radius 2 is 2.11 bits per heavy atom. The molecule has 1 heterocycles. The van der Waals surface area contributed by atoms with Crippen molar-refractivity contribution in [1.29, 1.82) is 0 Å². The minimum atomic E-state index is -3.14. The molecule has 98 valence electrons. The molecule has 0 amide bonds. The van der Waals surface area contributed by atoms with Crippen LogP contribution in [0.5, 0.6) is 0 Å². The zero-order valence-corrected chi connectivity index (χ0v) is 11.3. The first-order valence-electron chi connectivity index (χ1n) is 6.11. The Labute approximate surface area is 107 Å². The lowest BCUT2D eigenvalue weighted by Crippen LogP contribution is -2.03. The maximum atomic E-state index is 11.9. The van der Waals surface area contributed by atoms with Crippen molar-refractivity contribution >= 4 is 20.7 Å². The van der Waals surface area contributed by atoms with Crippen LogP contribution in [-0.2, 0) is 16.3 Å². The first-order valence-corrected chi connectivity index (χ1v) is 7.76. The van der Waals surface area contributed by atoms with E-state index in [0.717, 1.165) is 29.3 Å². The average Bonchev–Trinajstić information content (AvgIpc) is 2.78. The molecule has 1 aromatic heterocycles. The second kappa shape index (κ2) is 5.12. The first-order chi connectivity index (χ1) is 8.58. The summed E-state index contributed by atoms with van der Waals surface area (Å²) in [6.45, 7) is 2.30. The van der Waals surface area contributed by atoms with E-state index in [-0.39, 0.29) is 5.75 Å². The molecule has 0 aliphatic rings. The number of benzene rings is 1. The topological polar surface area (TPSA) is 76.0 Å². The number of hydrogen-bond acceptors (Lipinski definition) is 3. The minimum absolute atomic E-state index is 0.126. The molecule has 5 heteroatoms. The third-order valence-electron chi connectivity index (χ3n) is 3.13. The van der Waals surface area contributed by atoms with Crippen LogP contribution < -0.4 is 5.73 Å². The van der Waals surface area contributed by atoms with Crippen LogP contribution in [0, 0.1) is 0 Å². The molecule has 0 bridgehead atoms. The largest absolute Gasteiger partial charge is 0.361 e. The van der Waals surface area contributed by atoms with E-state index in [4.69, 9.17) is 5.73 Å². The van der Waals surface area contributed by atoms with Gasteiger partial charge in [-0.2, -0.15) is 0 Å². The monoisotopic (exact) mass is 266 g/mol. The zero-order chi connectivity index (χ0) is 13.2. The fraction of sp³-hybridized carbons (Fsp3) is 0.385. The van der Waals surface area contributed by atoms with Crippen LogP contribution in [0.2, 0.25) is 0 Å². The maximum absolute atomic E-state index is 11.9. The summed E-state index contributed by atoms with van der Waals surface area (Å²) < 4.78 is 23.7. The molecule has 1 aromatic carbocycles. The predicted octanol–water partition coefficient (Wildman–Crippen LogP) is 1.85. The van der Waals surface area contributed by atoms with Crippen molar-refractivity contribution in [2.75, 3.05) is 12.3 Å². The number of nitrogens with one attached hydrogen (secondary N) is 1. The van der Waals surface area contributed by atoms with Gasteiger partial charge in [-0.1, -0.05) is 6.92 Å². The van der Waals surface area contributed by atoms with E-state index in [0.29, 0.717) is 11.4 Å². The normalized spacial score (nSPS) is 12.1.